The first-order chi connectivity index (χ1) is 13.2. The zero-order valence-corrected chi connectivity index (χ0v) is 14.8. The van der Waals surface area contributed by atoms with E-state index in [1.54, 1.807) is 30.3 Å². The SMILES string of the molecule is O=C(Nc1cc(-c2ccccc2)cc(C(F)(F)F)c1F)c1cc(Cl)ccc1O. The molecule has 144 valence electrons. The van der Waals surface area contributed by atoms with Gasteiger partial charge in [-0.05, 0) is 41.5 Å². The molecule has 0 fully saturated rings. The first-order valence-electron chi connectivity index (χ1n) is 7.93. The van der Waals surface area contributed by atoms with Gasteiger partial charge in [-0.15, -0.1) is 0 Å². The monoisotopic (exact) mass is 409 g/mol. The van der Waals surface area contributed by atoms with Gasteiger partial charge in [-0.1, -0.05) is 41.9 Å². The largest absolute Gasteiger partial charge is 0.507 e. The van der Waals surface area contributed by atoms with Gasteiger partial charge in [0, 0.05) is 5.02 Å². The van der Waals surface area contributed by atoms with E-state index in [4.69, 9.17) is 11.6 Å². The van der Waals surface area contributed by atoms with E-state index >= 15 is 0 Å². The predicted octanol–water partition coefficient (Wildman–Crippen LogP) is 6.12. The van der Waals surface area contributed by atoms with Gasteiger partial charge in [0.25, 0.3) is 5.91 Å². The Bertz CT molecular complexity index is 1040. The number of halogens is 5. The zero-order valence-electron chi connectivity index (χ0n) is 14.0. The number of benzene rings is 3. The lowest BCUT2D eigenvalue weighted by Gasteiger charge is -2.15. The summed E-state index contributed by atoms with van der Waals surface area (Å²) in [5.74, 6) is -3.07. The molecule has 8 heteroatoms. The number of aromatic hydroxyl groups is 1. The molecule has 0 aliphatic rings. The number of carbonyl (C=O) groups is 1. The minimum Gasteiger partial charge on any atom is -0.507 e. The van der Waals surface area contributed by atoms with Crippen molar-refractivity contribution >= 4 is 23.2 Å². The highest BCUT2D eigenvalue weighted by Crippen LogP contribution is 2.38. The van der Waals surface area contributed by atoms with E-state index in [9.17, 15) is 27.5 Å². The number of alkyl halides is 3. The predicted molar refractivity (Wildman–Crippen MR) is 97.9 cm³/mol. The van der Waals surface area contributed by atoms with Crippen LogP contribution in [-0.4, -0.2) is 11.0 Å². The lowest BCUT2D eigenvalue weighted by Crippen LogP contribution is -2.16. The van der Waals surface area contributed by atoms with Crippen LogP contribution in [0.15, 0.2) is 60.7 Å². The van der Waals surface area contributed by atoms with Crippen molar-refractivity contribution in [2.24, 2.45) is 0 Å². The number of amides is 1. The topological polar surface area (TPSA) is 49.3 Å². The first-order valence-corrected chi connectivity index (χ1v) is 8.30. The highest BCUT2D eigenvalue weighted by molar-refractivity contribution is 6.31. The molecule has 0 aliphatic heterocycles. The van der Waals surface area contributed by atoms with E-state index in [1.807, 2.05) is 0 Å². The summed E-state index contributed by atoms with van der Waals surface area (Å²) in [6.07, 6.45) is -4.97. The molecule has 28 heavy (non-hydrogen) atoms. The maximum absolute atomic E-state index is 14.5. The molecule has 3 nitrogen and oxygen atoms in total. The van der Waals surface area contributed by atoms with Crippen molar-refractivity contribution in [2.45, 2.75) is 6.18 Å². The fourth-order valence-corrected chi connectivity index (χ4v) is 2.77. The van der Waals surface area contributed by atoms with Crippen LogP contribution in [0, 0.1) is 5.82 Å². The minimum absolute atomic E-state index is 0.0694. The fraction of sp³-hybridized carbons (Fsp3) is 0.0500. The Morgan fingerprint density at radius 3 is 2.29 bits per heavy atom. The molecule has 0 saturated heterocycles. The molecule has 2 N–H and O–H groups in total. The molecule has 3 rings (SSSR count). The van der Waals surface area contributed by atoms with Crippen LogP contribution in [0.1, 0.15) is 15.9 Å². The number of rotatable bonds is 3. The summed E-state index contributed by atoms with van der Waals surface area (Å²) >= 11 is 5.77. The minimum atomic E-state index is -4.97. The summed E-state index contributed by atoms with van der Waals surface area (Å²) in [5, 5.41) is 12.0. The van der Waals surface area contributed by atoms with E-state index in [1.165, 1.54) is 6.07 Å². The second-order valence-corrected chi connectivity index (χ2v) is 6.30. The van der Waals surface area contributed by atoms with E-state index in [-0.39, 0.29) is 16.1 Å². The molecule has 0 saturated carbocycles. The van der Waals surface area contributed by atoms with Crippen LogP contribution < -0.4 is 5.32 Å². The van der Waals surface area contributed by atoms with E-state index in [0.29, 0.717) is 11.6 Å². The van der Waals surface area contributed by atoms with E-state index in [2.05, 4.69) is 5.32 Å². The van der Waals surface area contributed by atoms with Gasteiger partial charge in [0.05, 0.1) is 16.8 Å². The van der Waals surface area contributed by atoms with Gasteiger partial charge >= 0.3 is 6.18 Å². The van der Waals surface area contributed by atoms with Gasteiger partial charge in [0.15, 0.2) is 5.82 Å². The summed E-state index contributed by atoms with van der Waals surface area (Å²) in [6, 6.07) is 13.4. The lowest BCUT2D eigenvalue weighted by atomic mass is 10.0. The summed E-state index contributed by atoms with van der Waals surface area (Å²) in [5.41, 5.74) is -2.00. The number of anilines is 1. The summed E-state index contributed by atoms with van der Waals surface area (Å²) < 4.78 is 54.4. The van der Waals surface area contributed by atoms with Gasteiger partial charge in [-0.2, -0.15) is 13.2 Å². The van der Waals surface area contributed by atoms with Crippen molar-refractivity contribution in [2.75, 3.05) is 5.32 Å². The molecule has 0 bridgehead atoms. The van der Waals surface area contributed by atoms with Gasteiger partial charge in [0.1, 0.15) is 5.75 Å². The van der Waals surface area contributed by atoms with Gasteiger partial charge < -0.3 is 10.4 Å². The quantitative estimate of drug-likeness (QED) is 0.512. The molecule has 0 aliphatic carbocycles. The van der Waals surface area contributed by atoms with Crippen molar-refractivity contribution in [1.29, 1.82) is 0 Å². The summed E-state index contributed by atoms with van der Waals surface area (Å²) in [4.78, 5) is 12.4. The van der Waals surface area contributed by atoms with Gasteiger partial charge in [-0.25, -0.2) is 4.39 Å². The van der Waals surface area contributed by atoms with E-state index < -0.39 is 34.9 Å². The molecule has 3 aromatic carbocycles. The third kappa shape index (κ3) is 4.09. The maximum atomic E-state index is 14.5. The standard InChI is InChI=1S/C20H12ClF4NO2/c21-13-6-7-17(27)14(10-13)19(28)26-16-9-12(11-4-2-1-3-5-11)8-15(18(16)22)20(23,24)25/h1-10,27H,(H,26,28). The molecule has 0 aromatic heterocycles. The average Bonchev–Trinajstić information content (AvgIpc) is 2.65. The highest BCUT2D eigenvalue weighted by atomic mass is 35.5. The fourth-order valence-electron chi connectivity index (χ4n) is 2.60. The van der Waals surface area contributed by atoms with Crippen LogP contribution in [0.5, 0.6) is 5.75 Å². The normalized spacial score (nSPS) is 11.3. The van der Waals surface area contributed by atoms with Crippen LogP contribution in [-0.2, 0) is 6.18 Å². The number of hydrogen-bond donors (Lipinski definition) is 2. The molecule has 1 amide bonds. The second-order valence-electron chi connectivity index (χ2n) is 5.86. The number of phenolic OH excluding ortho intramolecular Hbond substituents is 1. The van der Waals surface area contributed by atoms with Crippen molar-refractivity contribution in [3.63, 3.8) is 0 Å². The molecular weight excluding hydrogens is 398 g/mol. The van der Waals surface area contributed by atoms with Crippen molar-refractivity contribution in [3.05, 3.63) is 82.6 Å². The first kappa shape index (κ1) is 19.7. The highest BCUT2D eigenvalue weighted by Gasteiger charge is 2.36. The summed E-state index contributed by atoms with van der Waals surface area (Å²) in [7, 11) is 0. The Labute approximate surface area is 162 Å². The maximum Gasteiger partial charge on any atom is 0.419 e. The van der Waals surface area contributed by atoms with Crippen molar-refractivity contribution < 1.29 is 27.5 Å². The lowest BCUT2D eigenvalue weighted by molar-refractivity contribution is -0.139. The second kappa shape index (κ2) is 7.52. The van der Waals surface area contributed by atoms with Gasteiger partial charge in [0.2, 0.25) is 0 Å². The molecule has 0 unspecified atom stereocenters. The molecule has 0 spiro atoms. The molecule has 0 atom stereocenters. The molecular formula is C20H12ClF4NO2. The summed E-state index contributed by atoms with van der Waals surface area (Å²) in [6.45, 7) is 0. The number of carbonyl (C=O) groups excluding carboxylic acids is 1. The van der Waals surface area contributed by atoms with Crippen LogP contribution in [0.4, 0.5) is 23.2 Å². The van der Waals surface area contributed by atoms with Crippen molar-refractivity contribution in [3.8, 4) is 16.9 Å². The van der Waals surface area contributed by atoms with E-state index in [0.717, 1.165) is 18.2 Å². The van der Waals surface area contributed by atoms with Crippen LogP contribution in [0.25, 0.3) is 11.1 Å². The van der Waals surface area contributed by atoms with Crippen LogP contribution in [0.3, 0.4) is 0 Å². The third-order valence-corrected chi connectivity index (χ3v) is 4.17. The molecule has 0 radical (unpaired) electrons. The Morgan fingerprint density at radius 1 is 0.964 bits per heavy atom. The Morgan fingerprint density at radius 2 is 1.64 bits per heavy atom. The Hall–Kier alpha value is -3.06. The number of nitrogens with one attached hydrogen (secondary N) is 1. The van der Waals surface area contributed by atoms with Crippen molar-refractivity contribution in [1.82, 2.24) is 0 Å². The number of hydrogen-bond acceptors (Lipinski definition) is 2. The van der Waals surface area contributed by atoms with Crippen LogP contribution >= 0.6 is 11.6 Å². The average molecular weight is 410 g/mol. The third-order valence-electron chi connectivity index (χ3n) is 3.94. The smallest absolute Gasteiger partial charge is 0.419 e. The Kier molecular flexibility index (Phi) is 5.29. The molecule has 0 heterocycles. The van der Waals surface area contributed by atoms with Crippen LogP contribution in [0.2, 0.25) is 5.02 Å². The van der Waals surface area contributed by atoms with Gasteiger partial charge in [-0.3, -0.25) is 4.79 Å². The number of phenols is 1. The Balaban J connectivity index is 2.09. The zero-order chi connectivity index (χ0) is 20.5. The molecule has 3 aromatic rings.